The Kier molecular flexibility index (Phi) is 4.73. The first kappa shape index (κ1) is 13.1. The number of hydrogen-bond donors (Lipinski definition) is 2. The average Bonchev–Trinajstić information content (AvgIpc) is 2.76. The fourth-order valence-electron chi connectivity index (χ4n) is 2.39. The van der Waals surface area contributed by atoms with Gasteiger partial charge in [0.25, 0.3) is 0 Å². The van der Waals surface area contributed by atoms with Crippen molar-refractivity contribution < 1.29 is 4.79 Å². The zero-order chi connectivity index (χ0) is 12.8. The van der Waals surface area contributed by atoms with E-state index in [4.69, 9.17) is 5.73 Å². The number of benzene rings is 1. The summed E-state index contributed by atoms with van der Waals surface area (Å²) in [5.41, 5.74) is 6.94. The number of nitrogens with one attached hydrogen (secondary N) is 1. The van der Waals surface area contributed by atoms with Gasteiger partial charge in [0.15, 0.2) is 0 Å². The minimum absolute atomic E-state index is 0.174. The average molecular weight is 247 g/mol. The van der Waals surface area contributed by atoms with Crippen LogP contribution in [0.25, 0.3) is 0 Å². The Bertz CT molecular complexity index is 380. The van der Waals surface area contributed by atoms with Gasteiger partial charge in [0.05, 0.1) is 0 Å². The first-order chi connectivity index (χ1) is 8.78. The van der Waals surface area contributed by atoms with E-state index in [1.165, 1.54) is 5.56 Å². The molecule has 1 aliphatic heterocycles. The van der Waals surface area contributed by atoms with E-state index in [-0.39, 0.29) is 11.9 Å². The number of nitrogens with two attached hydrogens (primary N) is 1. The van der Waals surface area contributed by atoms with Crippen molar-refractivity contribution in [1.82, 2.24) is 10.2 Å². The van der Waals surface area contributed by atoms with Crippen LogP contribution in [0.15, 0.2) is 30.3 Å². The lowest BCUT2D eigenvalue weighted by Crippen LogP contribution is -2.40. The molecule has 3 N–H and O–H groups in total. The van der Waals surface area contributed by atoms with Crippen LogP contribution in [0.5, 0.6) is 0 Å². The maximum atomic E-state index is 11.2. The third-order valence-corrected chi connectivity index (χ3v) is 3.26. The van der Waals surface area contributed by atoms with Gasteiger partial charge in [-0.15, -0.1) is 0 Å². The summed E-state index contributed by atoms with van der Waals surface area (Å²) in [6.45, 7) is 3.29. The van der Waals surface area contributed by atoms with Gasteiger partial charge in [0, 0.05) is 38.6 Å². The summed E-state index contributed by atoms with van der Waals surface area (Å²) >= 11 is 0. The predicted molar refractivity (Wildman–Crippen MR) is 71.9 cm³/mol. The highest BCUT2D eigenvalue weighted by molar-refractivity contribution is 5.78. The monoisotopic (exact) mass is 247 g/mol. The SMILES string of the molecule is NCCN(Cc1ccccc1)CC1CCC(=O)N1. The van der Waals surface area contributed by atoms with Gasteiger partial charge in [-0.2, -0.15) is 0 Å². The quantitative estimate of drug-likeness (QED) is 0.779. The van der Waals surface area contributed by atoms with Crippen molar-refractivity contribution in [3.8, 4) is 0 Å². The molecule has 1 aromatic carbocycles. The zero-order valence-corrected chi connectivity index (χ0v) is 10.6. The van der Waals surface area contributed by atoms with Crippen molar-refractivity contribution in [3.05, 3.63) is 35.9 Å². The molecule has 98 valence electrons. The first-order valence-electron chi connectivity index (χ1n) is 6.53. The van der Waals surface area contributed by atoms with E-state index in [9.17, 15) is 4.79 Å². The third kappa shape index (κ3) is 3.82. The van der Waals surface area contributed by atoms with Crippen molar-refractivity contribution in [2.24, 2.45) is 5.73 Å². The van der Waals surface area contributed by atoms with Crippen molar-refractivity contribution in [3.63, 3.8) is 0 Å². The maximum absolute atomic E-state index is 11.2. The largest absolute Gasteiger partial charge is 0.352 e. The Morgan fingerprint density at radius 2 is 2.11 bits per heavy atom. The van der Waals surface area contributed by atoms with Gasteiger partial charge in [-0.05, 0) is 12.0 Å². The number of hydrogen-bond acceptors (Lipinski definition) is 3. The molecule has 0 bridgehead atoms. The molecule has 1 aromatic rings. The van der Waals surface area contributed by atoms with Crippen LogP contribution in [0, 0.1) is 0 Å². The molecule has 0 radical (unpaired) electrons. The number of nitrogens with zero attached hydrogens (tertiary/aromatic N) is 1. The molecule has 4 heteroatoms. The molecule has 1 saturated heterocycles. The molecule has 1 atom stereocenters. The van der Waals surface area contributed by atoms with Gasteiger partial charge in [-0.25, -0.2) is 0 Å². The highest BCUT2D eigenvalue weighted by Crippen LogP contribution is 2.10. The van der Waals surface area contributed by atoms with Crippen LogP contribution in [-0.4, -0.2) is 36.5 Å². The summed E-state index contributed by atoms with van der Waals surface area (Å²) in [6.07, 6.45) is 1.60. The van der Waals surface area contributed by atoms with E-state index >= 15 is 0 Å². The van der Waals surface area contributed by atoms with Crippen molar-refractivity contribution in [2.45, 2.75) is 25.4 Å². The Morgan fingerprint density at radius 1 is 1.33 bits per heavy atom. The van der Waals surface area contributed by atoms with Crippen LogP contribution in [-0.2, 0) is 11.3 Å². The van der Waals surface area contributed by atoms with E-state index in [1.807, 2.05) is 18.2 Å². The van der Waals surface area contributed by atoms with Gasteiger partial charge in [0.1, 0.15) is 0 Å². The smallest absolute Gasteiger partial charge is 0.220 e. The predicted octanol–water partition coefficient (Wildman–Crippen LogP) is 0.726. The van der Waals surface area contributed by atoms with E-state index in [0.29, 0.717) is 13.0 Å². The molecule has 0 spiro atoms. The van der Waals surface area contributed by atoms with Crippen molar-refractivity contribution in [2.75, 3.05) is 19.6 Å². The number of carbonyl (C=O) groups is 1. The summed E-state index contributed by atoms with van der Waals surface area (Å²) in [5.74, 6) is 0.174. The molecule has 1 fully saturated rings. The lowest BCUT2D eigenvalue weighted by molar-refractivity contribution is -0.119. The van der Waals surface area contributed by atoms with Crippen molar-refractivity contribution in [1.29, 1.82) is 0 Å². The van der Waals surface area contributed by atoms with Crippen LogP contribution in [0.2, 0.25) is 0 Å². The normalized spacial score (nSPS) is 19.2. The molecular weight excluding hydrogens is 226 g/mol. The molecule has 1 heterocycles. The van der Waals surface area contributed by atoms with Crippen LogP contribution in [0.4, 0.5) is 0 Å². The lowest BCUT2D eigenvalue weighted by atomic mass is 10.1. The molecular formula is C14H21N3O. The van der Waals surface area contributed by atoms with Crippen LogP contribution >= 0.6 is 0 Å². The maximum Gasteiger partial charge on any atom is 0.220 e. The third-order valence-electron chi connectivity index (χ3n) is 3.26. The second kappa shape index (κ2) is 6.52. The van der Waals surface area contributed by atoms with Crippen molar-refractivity contribution >= 4 is 5.91 Å². The first-order valence-corrected chi connectivity index (χ1v) is 6.53. The molecule has 2 rings (SSSR count). The topological polar surface area (TPSA) is 58.4 Å². The second-order valence-corrected chi connectivity index (χ2v) is 4.81. The highest BCUT2D eigenvalue weighted by atomic mass is 16.1. The standard InChI is InChI=1S/C14H21N3O/c15-8-9-17(10-12-4-2-1-3-5-12)11-13-6-7-14(18)16-13/h1-5,13H,6-11,15H2,(H,16,18). The number of amides is 1. The molecule has 1 unspecified atom stereocenters. The van der Waals surface area contributed by atoms with Gasteiger partial charge >= 0.3 is 0 Å². The van der Waals surface area contributed by atoms with E-state index < -0.39 is 0 Å². The number of rotatable bonds is 6. The van der Waals surface area contributed by atoms with Gasteiger partial charge in [0.2, 0.25) is 5.91 Å². The molecule has 0 saturated carbocycles. The Balaban J connectivity index is 1.89. The molecule has 18 heavy (non-hydrogen) atoms. The fourth-order valence-corrected chi connectivity index (χ4v) is 2.39. The molecule has 0 aromatic heterocycles. The fraction of sp³-hybridized carbons (Fsp3) is 0.500. The van der Waals surface area contributed by atoms with E-state index in [2.05, 4.69) is 22.3 Å². The summed E-state index contributed by atoms with van der Waals surface area (Å²) in [4.78, 5) is 13.5. The summed E-state index contributed by atoms with van der Waals surface area (Å²) in [5, 5.41) is 3.01. The molecule has 4 nitrogen and oxygen atoms in total. The van der Waals surface area contributed by atoms with Gasteiger partial charge in [-0.3, -0.25) is 9.69 Å². The minimum Gasteiger partial charge on any atom is -0.352 e. The van der Waals surface area contributed by atoms with Crippen LogP contribution in [0.3, 0.4) is 0 Å². The van der Waals surface area contributed by atoms with Gasteiger partial charge < -0.3 is 11.1 Å². The highest BCUT2D eigenvalue weighted by Gasteiger charge is 2.22. The van der Waals surface area contributed by atoms with E-state index in [1.54, 1.807) is 0 Å². The molecule has 1 aliphatic rings. The Morgan fingerprint density at radius 3 is 2.72 bits per heavy atom. The van der Waals surface area contributed by atoms with Crippen LogP contribution < -0.4 is 11.1 Å². The molecule has 0 aliphatic carbocycles. The molecule has 1 amide bonds. The minimum atomic E-state index is 0.174. The lowest BCUT2D eigenvalue weighted by Gasteiger charge is -2.25. The van der Waals surface area contributed by atoms with E-state index in [0.717, 1.165) is 26.1 Å². The summed E-state index contributed by atoms with van der Waals surface area (Å²) < 4.78 is 0. The second-order valence-electron chi connectivity index (χ2n) is 4.81. The Labute approximate surface area is 108 Å². The van der Waals surface area contributed by atoms with Gasteiger partial charge in [-0.1, -0.05) is 30.3 Å². The summed E-state index contributed by atoms with van der Waals surface area (Å²) in [7, 11) is 0. The zero-order valence-electron chi connectivity index (χ0n) is 10.6. The van der Waals surface area contributed by atoms with Crippen LogP contribution in [0.1, 0.15) is 18.4 Å². The Hall–Kier alpha value is -1.39. The number of carbonyl (C=O) groups excluding carboxylic acids is 1. The summed E-state index contributed by atoms with van der Waals surface area (Å²) in [6, 6.07) is 10.6.